The van der Waals surface area contributed by atoms with E-state index in [2.05, 4.69) is 0 Å². The van der Waals surface area contributed by atoms with Crippen molar-refractivity contribution >= 4 is 12.0 Å². The molecule has 2 heteroatoms. The number of carbonyl (C=O) groups is 1. The Morgan fingerprint density at radius 3 is 2.47 bits per heavy atom. The lowest BCUT2D eigenvalue weighted by molar-refractivity contribution is 0.0549. The van der Waals surface area contributed by atoms with Crippen LogP contribution in [0, 0.1) is 6.92 Å². The molecule has 0 heterocycles. The summed E-state index contributed by atoms with van der Waals surface area (Å²) in [5.41, 5.74) is 2.64. The van der Waals surface area contributed by atoms with Crippen molar-refractivity contribution in [2.24, 2.45) is 0 Å². The Balaban J connectivity index is 1.88. The number of ether oxygens (including phenoxy) is 1. The van der Waals surface area contributed by atoms with Crippen LogP contribution in [0.2, 0.25) is 0 Å². The highest BCUT2D eigenvalue weighted by molar-refractivity contribution is 5.91. The van der Waals surface area contributed by atoms with Crippen LogP contribution in [0.4, 0.5) is 0 Å². The molecule has 0 spiro atoms. The molecule has 0 saturated heterocycles. The fourth-order valence-corrected chi connectivity index (χ4v) is 1.75. The van der Waals surface area contributed by atoms with Crippen molar-refractivity contribution in [3.8, 4) is 0 Å². The highest BCUT2D eigenvalue weighted by Gasteiger charge is 2.07. The molecule has 0 aromatic heterocycles. The van der Waals surface area contributed by atoms with Crippen LogP contribution in [-0.2, 0) is 4.74 Å². The third kappa shape index (κ3) is 3.81. The Kier molecular flexibility index (Phi) is 4.51. The zero-order chi connectivity index (χ0) is 13.5. The van der Waals surface area contributed by atoms with Crippen LogP contribution in [0.25, 0.3) is 6.08 Å². The first-order valence-electron chi connectivity index (χ1n) is 6.22. The number of hydrogen-bond donors (Lipinski definition) is 0. The topological polar surface area (TPSA) is 26.3 Å². The molecule has 0 amide bonds. The lowest BCUT2D eigenvalue weighted by Crippen LogP contribution is -2.06. The van der Waals surface area contributed by atoms with Crippen LogP contribution >= 0.6 is 0 Å². The fourth-order valence-electron chi connectivity index (χ4n) is 1.75. The van der Waals surface area contributed by atoms with E-state index in [0.29, 0.717) is 5.56 Å². The predicted octanol–water partition coefficient (Wildman–Crippen LogP) is 3.87. The maximum atomic E-state index is 11.8. The molecule has 0 atom stereocenters. The van der Waals surface area contributed by atoms with E-state index in [-0.39, 0.29) is 12.6 Å². The molecule has 19 heavy (non-hydrogen) atoms. The molecule has 2 nitrogen and oxygen atoms in total. The smallest absolute Gasteiger partial charge is 0.338 e. The van der Waals surface area contributed by atoms with Gasteiger partial charge in [-0.1, -0.05) is 54.6 Å². The zero-order valence-corrected chi connectivity index (χ0v) is 10.9. The van der Waals surface area contributed by atoms with E-state index in [1.807, 2.05) is 67.6 Å². The molecule has 2 rings (SSSR count). The van der Waals surface area contributed by atoms with Crippen molar-refractivity contribution in [3.63, 3.8) is 0 Å². The first kappa shape index (κ1) is 13.1. The van der Waals surface area contributed by atoms with Crippen LogP contribution in [-0.4, -0.2) is 12.6 Å². The number of hydrogen-bond acceptors (Lipinski definition) is 2. The average Bonchev–Trinajstić information content (AvgIpc) is 2.45. The van der Waals surface area contributed by atoms with Gasteiger partial charge in [-0.3, -0.25) is 0 Å². The largest absolute Gasteiger partial charge is 0.458 e. The normalized spacial score (nSPS) is 10.6. The summed E-state index contributed by atoms with van der Waals surface area (Å²) in [7, 11) is 0. The number of rotatable bonds is 4. The second-order valence-corrected chi connectivity index (χ2v) is 4.23. The standard InChI is InChI=1S/C17H16O2/c1-14-8-5-6-12-16(14)17(18)19-13-7-11-15-9-3-2-4-10-15/h2-12H,13H2,1H3/b11-7+. The minimum absolute atomic E-state index is 0.280. The number of esters is 1. The van der Waals surface area contributed by atoms with Crippen LogP contribution in [0.3, 0.4) is 0 Å². The van der Waals surface area contributed by atoms with Gasteiger partial charge in [0.25, 0.3) is 0 Å². The van der Waals surface area contributed by atoms with Crippen LogP contribution in [0.15, 0.2) is 60.7 Å². The van der Waals surface area contributed by atoms with Gasteiger partial charge in [-0.25, -0.2) is 4.79 Å². The average molecular weight is 252 g/mol. The maximum absolute atomic E-state index is 11.8. The third-order valence-electron chi connectivity index (χ3n) is 2.79. The maximum Gasteiger partial charge on any atom is 0.338 e. The van der Waals surface area contributed by atoms with Crippen molar-refractivity contribution < 1.29 is 9.53 Å². The van der Waals surface area contributed by atoms with E-state index < -0.39 is 0 Å². The molecule has 0 unspecified atom stereocenters. The number of aryl methyl sites for hydroxylation is 1. The van der Waals surface area contributed by atoms with Gasteiger partial charge in [0.15, 0.2) is 0 Å². The molecule has 0 aliphatic rings. The van der Waals surface area contributed by atoms with Crippen molar-refractivity contribution in [1.82, 2.24) is 0 Å². The summed E-state index contributed by atoms with van der Waals surface area (Å²) in [4.78, 5) is 11.8. The van der Waals surface area contributed by atoms with Gasteiger partial charge in [0.05, 0.1) is 5.56 Å². The highest BCUT2D eigenvalue weighted by Crippen LogP contribution is 2.08. The number of carbonyl (C=O) groups excluding carboxylic acids is 1. The monoisotopic (exact) mass is 252 g/mol. The molecule has 0 bridgehead atoms. The quantitative estimate of drug-likeness (QED) is 0.772. The van der Waals surface area contributed by atoms with Crippen LogP contribution in [0.5, 0.6) is 0 Å². The van der Waals surface area contributed by atoms with E-state index in [0.717, 1.165) is 11.1 Å². The first-order valence-corrected chi connectivity index (χ1v) is 6.22. The van der Waals surface area contributed by atoms with Gasteiger partial charge in [-0.15, -0.1) is 0 Å². The molecule has 0 aliphatic heterocycles. The summed E-state index contributed by atoms with van der Waals surface area (Å²) in [6.07, 6.45) is 3.77. The first-order chi connectivity index (χ1) is 9.27. The molecular weight excluding hydrogens is 236 g/mol. The molecule has 96 valence electrons. The zero-order valence-electron chi connectivity index (χ0n) is 10.9. The van der Waals surface area contributed by atoms with Gasteiger partial charge in [-0.05, 0) is 30.2 Å². The Morgan fingerprint density at radius 1 is 1.05 bits per heavy atom. The fraction of sp³-hybridized carbons (Fsp3) is 0.118. The second kappa shape index (κ2) is 6.55. The SMILES string of the molecule is Cc1ccccc1C(=O)OC/C=C/c1ccccc1. The van der Waals surface area contributed by atoms with Crippen LogP contribution in [0.1, 0.15) is 21.5 Å². The van der Waals surface area contributed by atoms with Crippen molar-refractivity contribution in [3.05, 3.63) is 77.4 Å². The Hall–Kier alpha value is -2.35. The van der Waals surface area contributed by atoms with E-state index in [4.69, 9.17) is 4.74 Å². The Labute approximate surface area is 113 Å². The Bertz CT molecular complexity index is 571. The highest BCUT2D eigenvalue weighted by atomic mass is 16.5. The molecule has 2 aromatic carbocycles. The second-order valence-electron chi connectivity index (χ2n) is 4.23. The summed E-state index contributed by atoms with van der Waals surface area (Å²) in [6, 6.07) is 17.3. The molecular formula is C17H16O2. The van der Waals surface area contributed by atoms with E-state index in [1.165, 1.54) is 0 Å². The van der Waals surface area contributed by atoms with Gasteiger partial charge in [0, 0.05) is 0 Å². The van der Waals surface area contributed by atoms with Crippen molar-refractivity contribution in [2.45, 2.75) is 6.92 Å². The lowest BCUT2D eigenvalue weighted by Gasteiger charge is -2.04. The summed E-state index contributed by atoms with van der Waals surface area (Å²) >= 11 is 0. The third-order valence-corrected chi connectivity index (χ3v) is 2.79. The van der Waals surface area contributed by atoms with Crippen molar-refractivity contribution in [1.29, 1.82) is 0 Å². The molecule has 0 N–H and O–H groups in total. The molecule has 2 aromatic rings. The van der Waals surface area contributed by atoms with Gasteiger partial charge in [0.2, 0.25) is 0 Å². The van der Waals surface area contributed by atoms with Gasteiger partial charge >= 0.3 is 5.97 Å². The molecule has 0 radical (unpaired) electrons. The predicted molar refractivity (Wildman–Crippen MR) is 76.9 cm³/mol. The summed E-state index contributed by atoms with van der Waals surface area (Å²) in [5, 5.41) is 0. The van der Waals surface area contributed by atoms with E-state index in [1.54, 1.807) is 6.07 Å². The van der Waals surface area contributed by atoms with E-state index in [9.17, 15) is 4.79 Å². The summed E-state index contributed by atoms with van der Waals surface area (Å²) in [5.74, 6) is -0.282. The number of benzene rings is 2. The minimum atomic E-state index is -0.282. The minimum Gasteiger partial charge on any atom is -0.458 e. The van der Waals surface area contributed by atoms with Gasteiger partial charge < -0.3 is 4.74 Å². The molecule has 0 fully saturated rings. The van der Waals surface area contributed by atoms with Gasteiger partial charge in [-0.2, -0.15) is 0 Å². The lowest BCUT2D eigenvalue weighted by atomic mass is 10.1. The van der Waals surface area contributed by atoms with E-state index >= 15 is 0 Å². The van der Waals surface area contributed by atoms with Crippen LogP contribution < -0.4 is 0 Å². The van der Waals surface area contributed by atoms with Gasteiger partial charge in [0.1, 0.15) is 6.61 Å². The summed E-state index contributed by atoms with van der Waals surface area (Å²) in [6.45, 7) is 2.18. The Morgan fingerprint density at radius 2 is 1.74 bits per heavy atom. The molecule has 0 aliphatic carbocycles. The van der Waals surface area contributed by atoms with Crippen molar-refractivity contribution in [2.75, 3.05) is 6.61 Å². The molecule has 0 saturated carbocycles. The summed E-state index contributed by atoms with van der Waals surface area (Å²) < 4.78 is 5.20.